The summed E-state index contributed by atoms with van der Waals surface area (Å²) in [7, 11) is 0. The summed E-state index contributed by atoms with van der Waals surface area (Å²) in [5.41, 5.74) is 2.50. The second-order valence-electron chi connectivity index (χ2n) is 8.60. The molecule has 0 aliphatic rings. The lowest BCUT2D eigenvalue weighted by atomic mass is 10.2. The Bertz CT molecular complexity index is 1310. The van der Waals surface area contributed by atoms with E-state index in [9.17, 15) is 14.0 Å². The molecule has 2 aromatic heterocycles. The monoisotopic (exact) mass is 474 g/mol. The topological polar surface area (TPSA) is 80.4 Å². The number of halogens is 1. The molecule has 1 N–H and O–H groups in total. The predicted octanol–water partition coefficient (Wildman–Crippen LogP) is 5.20. The Labute approximate surface area is 203 Å². The first-order valence-corrected chi connectivity index (χ1v) is 11.3. The Morgan fingerprint density at radius 2 is 1.89 bits per heavy atom. The van der Waals surface area contributed by atoms with Gasteiger partial charge in [0.2, 0.25) is 17.8 Å². The molecule has 0 bridgehead atoms. The van der Waals surface area contributed by atoms with Crippen molar-refractivity contribution in [2.24, 2.45) is 5.92 Å². The fourth-order valence-corrected chi connectivity index (χ4v) is 3.65. The van der Waals surface area contributed by atoms with Gasteiger partial charge >= 0.3 is 0 Å². The molecule has 2 heterocycles. The molecule has 4 aromatic rings. The first-order chi connectivity index (χ1) is 16.8. The molecule has 0 fully saturated rings. The molecule has 0 saturated carbocycles. The molecule has 0 aliphatic heterocycles. The molecule has 0 spiro atoms. The first kappa shape index (κ1) is 23.9. The zero-order valence-electron chi connectivity index (χ0n) is 19.9. The minimum atomic E-state index is -0.426. The fraction of sp³-hybridized carbons (Fsp3) is 0.222. The molecule has 0 atom stereocenters. The number of benzene rings is 2. The van der Waals surface area contributed by atoms with Gasteiger partial charge in [-0.25, -0.2) is 9.37 Å². The average Bonchev–Trinajstić information content (AvgIpc) is 3.50. The van der Waals surface area contributed by atoms with E-state index in [1.807, 2.05) is 30.3 Å². The quantitative estimate of drug-likeness (QED) is 0.381. The van der Waals surface area contributed by atoms with Gasteiger partial charge in [-0.3, -0.25) is 19.5 Å². The summed E-state index contributed by atoms with van der Waals surface area (Å²) in [5.74, 6) is -0.446. The van der Waals surface area contributed by atoms with Crippen LogP contribution in [0.5, 0.6) is 0 Å². The van der Waals surface area contributed by atoms with Crippen LogP contribution in [-0.2, 0) is 16.1 Å². The van der Waals surface area contributed by atoms with Crippen LogP contribution in [0.4, 0.5) is 10.3 Å². The molecule has 2 amide bonds. The molecule has 180 valence electrons. The Morgan fingerprint density at radius 1 is 1.11 bits per heavy atom. The SMILES string of the molecule is Cc1ccc(-n2cc(-c3ccccc3)nc2NC(=O)CN(Cc2ccco2)C(=O)C(C)C)cc1F. The predicted molar refractivity (Wildman–Crippen MR) is 131 cm³/mol. The van der Waals surface area contributed by atoms with Gasteiger partial charge in [-0.05, 0) is 36.8 Å². The van der Waals surface area contributed by atoms with E-state index in [1.165, 1.54) is 17.2 Å². The molecule has 35 heavy (non-hydrogen) atoms. The van der Waals surface area contributed by atoms with Crippen LogP contribution in [0.2, 0.25) is 0 Å². The number of carbonyl (C=O) groups excluding carboxylic acids is 2. The maximum absolute atomic E-state index is 14.3. The van der Waals surface area contributed by atoms with Crippen LogP contribution >= 0.6 is 0 Å². The van der Waals surface area contributed by atoms with Gasteiger partial charge in [-0.15, -0.1) is 0 Å². The van der Waals surface area contributed by atoms with Gasteiger partial charge in [0.05, 0.1) is 24.2 Å². The van der Waals surface area contributed by atoms with E-state index in [-0.39, 0.29) is 36.7 Å². The number of aryl methyl sites for hydroxylation is 1. The minimum Gasteiger partial charge on any atom is -0.467 e. The highest BCUT2D eigenvalue weighted by molar-refractivity contribution is 5.94. The zero-order valence-corrected chi connectivity index (χ0v) is 19.9. The van der Waals surface area contributed by atoms with Gasteiger partial charge in [-0.1, -0.05) is 50.2 Å². The first-order valence-electron chi connectivity index (χ1n) is 11.3. The molecule has 8 heteroatoms. The maximum atomic E-state index is 14.3. The average molecular weight is 475 g/mol. The van der Waals surface area contributed by atoms with Crippen LogP contribution < -0.4 is 5.32 Å². The maximum Gasteiger partial charge on any atom is 0.246 e. The van der Waals surface area contributed by atoms with Crippen LogP contribution in [-0.4, -0.2) is 32.8 Å². The second-order valence-corrected chi connectivity index (χ2v) is 8.60. The van der Waals surface area contributed by atoms with Crippen molar-refractivity contribution in [1.82, 2.24) is 14.5 Å². The van der Waals surface area contributed by atoms with E-state index in [0.29, 0.717) is 22.7 Å². The van der Waals surface area contributed by atoms with Gasteiger partial charge in [0.25, 0.3) is 0 Å². The van der Waals surface area contributed by atoms with Gasteiger partial charge in [0.15, 0.2) is 0 Å². The molecule has 0 aliphatic carbocycles. The van der Waals surface area contributed by atoms with Gasteiger partial charge < -0.3 is 9.32 Å². The highest BCUT2D eigenvalue weighted by Gasteiger charge is 2.23. The van der Waals surface area contributed by atoms with Crippen molar-refractivity contribution in [2.75, 3.05) is 11.9 Å². The standard InChI is InChI=1S/C27H27FN4O3/c1-18(2)26(34)31(15-22-10-7-13-35-22)17-25(33)30-27-29-24(20-8-5-4-6-9-20)16-32(27)21-12-11-19(3)23(28)14-21/h4-14,16,18H,15,17H2,1-3H3,(H,29,30,33). The lowest BCUT2D eigenvalue weighted by Crippen LogP contribution is -2.39. The zero-order chi connectivity index (χ0) is 24.9. The van der Waals surface area contributed by atoms with Crippen LogP contribution in [0.15, 0.2) is 77.5 Å². The minimum absolute atomic E-state index is 0.171. The Kier molecular flexibility index (Phi) is 7.10. The fourth-order valence-electron chi connectivity index (χ4n) is 3.65. The summed E-state index contributed by atoms with van der Waals surface area (Å²) < 4.78 is 21.3. The van der Waals surface area contributed by atoms with Crippen molar-refractivity contribution < 1.29 is 18.4 Å². The van der Waals surface area contributed by atoms with E-state index in [4.69, 9.17) is 4.42 Å². The largest absolute Gasteiger partial charge is 0.467 e. The van der Waals surface area contributed by atoms with Gasteiger partial charge in [0.1, 0.15) is 18.1 Å². The number of aromatic nitrogens is 2. The van der Waals surface area contributed by atoms with Crippen LogP contribution in [0.3, 0.4) is 0 Å². The van der Waals surface area contributed by atoms with Crippen molar-refractivity contribution in [3.05, 3.63) is 90.3 Å². The summed E-state index contributed by atoms with van der Waals surface area (Å²) in [6, 6.07) is 17.8. The number of hydrogen-bond acceptors (Lipinski definition) is 4. The number of hydrogen-bond donors (Lipinski definition) is 1. The smallest absolute Gasteiger partial charge is 0.246 e. The number of nitrogens with one attached hydrogen (secondary N) is 1. The highest BCUT2D eigenvalue weighted by atomic mass is 19.1. The van der Waals surface area contributed by atoms with E-state index >= 15 is 0 Å². The summed E-state index contributed by atoms with van der Waals surface area (Å²) in [6.07, 6.45) is 3.27. The number of carbonyl (C=O) groups is 2. The summed E-state index contributed by atoms with van der Waals surface area (Å²) >= 11 is 0. The number of amides is 2. The van der Waals surface area contributed by atoms with E-state index in [1.54, 1.807) is 55.8 Å². The number of imidazole rings is 1. The number of rotatable bonds is 8. The van der Waals surface area contributed by atoms with Crippen LogP contribution in [0.25, 0.3) is 16.9 Å². The van der Waals surface area contributed by atoms with Gasteiger partial charge in [0, 0.05) is 17.7 Å². The van der Waals surface area contributed by atoms with Crippen LogP contribution in [0, 0.1) is 18.7 Å². The van der Waals surface area contributed by atoms with Crippen molar-refractivity contribution in [1.29, 1.82) is 0 Å². The number of nitrogens with zero attached hydrogens (tertiary/aromatic N) is 3. The highest BCUT2D eigenvalue weighted by Crippen LogP contribution is 2.25. The third-order valence-electron chi connectivity index (χ3n) is 5.53. The lowest BCUT2D eigenvalue weighted by Gasteiger charge is -2.23. The third-order valence-corrected chi connectivity index (χ3v) is 5.53. The second kappa shape index (κ2) is 10.4. The van der Waals surface area contributed by atoms with Gasteiger partial charge in [-0.2, -0.15) is 0 Å². The lowest BCUT2D eigenvalue weighted by molar-refractivity contribution is -0.138. The number of anilines is 1. The number of furan rings is 1. The van der Waals surface area contributed by atoms with Crippen LogP contribution in [0.1, 0.15) is 25.2 Å². The molecule has 0 radical (unpaired) electrons. The Morgan fingerprint density at radius 3 is 2.54 bits per heavy atom. The molecular formula is C27H27FN4O3. The molecule has 7 nitrogen and oxygen atoms in total. The third kappa shape index (κ3) is 5.66. The summed E-state index contributed by atoms with van der Waals surface area (Å²) in [6.45, 7) is 5.22. The molecular weight excluding hydrogens is 447 g/mol. The van der Waals surface area contributed by atoms with Crippen molar-refractivity contribution in [3.8, 4) is 16.9 Å². The molecule has 0 unspecified atom stereocenters. The van der Waals surface area contributed by atoms with E-state index < -0.39 is 5.91 Å². The molecule has 0 saturated heterocycles. The molecule has 2 aromatic carbocycles. The Balaban J connectivity index is 1.63. The normalized spacial score (nSPS) is 11.0. The van der Waals surface area contributed by atoms with Crippen molar-refractivity contribution in [2.45, 2.75) is 27.3 Å². The summed E-state index contributed by atoms with van der Waals surface area (Å²) in [4.78, 5) is 31.9. The Hall–Kier alpha value is -4.20. The molecule has 4 rings (SSSR count). The van der Waals surface area contributed by atoms with Crippen molar-refractivity contribution >= 4 is 17.8 Å². The van der Waals surface area contributed by atoms with E-state index in [2.05, 4.69) is 10.3 Å². The summed E-state index contributed by atoms with van der Waals surface area (Å²) in [5, 5.41) is 2.80. The van der Waals surface area contributed by atoms with Crippen molar-refractivity contribution in [3.63, 3.8) is 0 Å². The van der Waals surface area contributed by atoms with E-state index in [0.717, 1.165) is 5.56 Å².